The third-order valence-corrected chi connectivity index (χ3v) is 6.58. The fourth-order valence-corrected chi connectivity index (χ4v) is 4.87. The van der Waals surface area contributed by atoms with Crippen molar-refractivity contribution < 1.29 is 23.8 Å². The van der Waals surface area contributed by atoms with Gasteiger partial charge in [-0.05, 0) is 49.8 Å². The van der Waals surface area contributed by atoms with Crippen molar-refractivity contribution >= 4 is 46.3 Å². The monoisotopic (exact) mass is 511 g/mol. The first kappa shape index (κ1) is 24.6. The number of thioether (sulfide) groups is 1. The van der Waals surface area contributed by atoms with Crippen LogP contribution < -0.4 is 4.74 Å². The number of amides is 1. The molecule has 35 heavy (non-hydrogen) atoms. The Labute approximate surface area is 211 Å². The molecule has 1 saturated heterocycles. The van der Waals surface area contributed by atoms with Gasteiger partial charge in [-0.25, -0.2) is 9.07 Å². The number of aliphatic carboxylic acids is 1. The first-order chi connectivity index (χ1) is 16.9. The third kappa shape index (κ3) is 5.60. The molecule has 180 valence electrons. The lowest BCUT2D eigenvalue weighted by Gasteiger charge is -2.13. The third-order valence-electron chi connectivity index (χ3n) is 5.20. The van der Waals surface area contributed by atoms with Crippen LogP contribution in [0.3, 0.4) is 0 Å². The van der Waals surface area contributed by atoms with Gasteiger partial charge in [0, 0.05) is 30.3 Å². The largest absolute Gasteiger partial charge is 0.491 e. The van der Waals surface area contributed by atoms with Gasteiger partial charge in [0.25, 0.3) is 5.91 Å². The molecular weight excluding hydrogens is 489 g/mol. The van der Waals surface area contributed by atoms with Crippen LogP contribution in [0, 0.1) is 5.82 Å². The van der Waals surface area contributed by atoms with Gasteiger partial charge in [0.05, 0.1) is 17.2 Å². The van der Waals surface area contributed by atoms with E-state index in [0.717, 1.165) is 17.4 Å². The van der Waals surface area contributed by atoms with Crippen LogP contribution in [0.1, 0.15) is 25.3 Å². The number of hydrogen-bond donors (Lipinski definition) is 1. The lowest BCUT2D eigenvalue weighted by molar-refractivity contribution is -0.137. The van der Waals surface area contributed by atoms with E-state index >= 15 is 0 Å². The highest BCUT2D eigenvalue weighted by molar-refractivity contribution is 8.26. The zero-order chi connectivity index (χ0) is 24.9. The molecule has 7 nitrogen and oxygen atoms in total. The molecule has 0 spiro atoms. The van der Waals surface area contributed by atoms with E-state index in [9.17, 15) is 14.0 Å². The highest BCUT2D eigenvalue weighted by Gasteiger charge is 2.32. The van der Waals surface area contributed by atoms with Crippen LogP contribution >= 0.6 is 24.0 Å². The number of hydrogen-bond acceptors (Lipinski definition) is 6. The van der Waals surface area contributed by atoms with Crippen LogP contribution in [0.15, 0.2) is 59.6 Å². The standard InChI is InChI=1S/C25H22FN3O4S2/c1-2-33-20-11-10-16(13-19(20)26)23-17(15-29(27-23)18-7-4-3-5-8-18)14-21-24(32)28(25(34)35-21)12-6-9-22(30)31/h3-5,7-8,10-11,13-15H,2,6,9,12H2,1H3,(H,30,31). The summed E-state index contributed by atoms with van der Waals surface area (Å²) in [5, 5.41) is 13.5. The van der Waals surface area contributed by atoms with Gasteiger partial charge in [-0.1, -0.05) is 42.2 Å². The van der Waals surface area contributed by atoms with Gasteiger partial charge in [0.15, 0.2) is 11.6 Å². The molecule has 2 aromatic carbocycles. The number of carboxylic acid groups (broad SMARTS) is 1. The molecule has 0 atom stereocenters. The van der Waals surface area contributed by atoms with E-state index in [1.165, 1.54) is 11.0 Å². The van der Waals surface area contributed by atoms with Crippen molar-refractivity contribution in [1.82, 2.24) is 14.7 Å². The molecule has 1 aliphatic rings. The molecule has 0 bridgehead atoms. The Bertz CT molecular complexity index is 1310. The molecule has 1 aliphatic heterocycles. The van der Waals surface area contributed by atoms with Crippen molar-refractivity contribution in [2.75, 3.05) is 13.2 Å². The van der Waals surface area contributed by atoms with Gasteiger partial charge in [-0.3, -0.25) is 14.5 Å². The highest BCUT2D eigenvalue weighted by Crippen LogP contribution is 2.35. The molecule has 1 N–H and O–H groups in total. The molecule has 4 rings (SSSR count). The van der Waals surface area contributed by atoms with Crippen LogP contribution in [0.25, 0.3) is 23.0 Å². The lowest BCUT2D eigenvalue weighted by atomic mass is 10.1. The average molecular weight is 512 g/mol. The number of carboxylic acids is 1. The summed E-state index contributed by atoms with van der Waals surface area (Å²) in [4.78, 5) is 25.6. The number of carbonyl (C=O) groups excluding carboxylic acids is 1. The van der Waals surface area contributed by atoms with E-state index in [2.05, 4.69) is 5.10 Å². The number of thiocarbonyl (C=S) groups is 1. The molecule has 0 unspecified atom stereocenters. The second-order valence-electron chi connectivity index (χ2n) is 7.62. The maximum absolute atomic E-state index is 14.6. The smallest absolute Gasteiger partial charge is 0.303 e. The van der Waals surface area contributed by atoms with Crippen LogP contribution in [-0.4, -0.2) is 49.1 Å². The van der Waals surface area contributed by atoms with Gasteiger partial charge in [-0.15, -0.1) is 0 Å². The lowest BCUT2D eigenvalue weighted by Crippen LogP contribution is -2.29. The van der Waals surface area contributed by atoms with Crippen molar-refractivity contribution in [1.29, 1.82) is 0 Å². The Morgan fingerprint density at radius 2 is 2.03 bits per heavy atom. The number of carbonyl (C=O) groups is 2. The predicted molar refractivity (Wildman–Crippen MR) is 137 cm³/mol. The number of benzene rings is 2. The molecule has 1 amide bonds. The molecule has 0 saturated carbocycles. The van der Waals surface area contributed by atoms with Crippen LogP contribution in [0.5, 0.6) is 5.75 Å². The summed E-state index contributed by atoms with van der Waals surface area (Å²) in [6, 6.07) is 14.1. The number of nitrogens with zero attached hydrogens (tertiary/aromatic N) is 3. The van der Waals surface area contributed by atoms with Crippen molar-refractivity contribution in [3.63, 3.8) is 0 Å². The summed E-state index contributed by atoms with van der Waals surface area (Å²) in [6.45, 7) is 2.36. The van der Waals surface area contributed by atoms with Crippen LogP contribution in [0.4, 0.5) is 4.39 Å². The van der Waals surface area contributed by atoms with Crippen LogP contribution in [0.2, 0.25) is 0 Å². The average Bonchev–Trinajstić information content (AvgIpc) is 3.37. The highest BCUT2D eigenvalue weighted by atomic mass is 32.2. The molecule has 3 aromatic rings. The molecular formula is C25H22FN3O4S2. The summed E-state index contributed by atoms with van der Waals surface area (Å²) in [5.74, 6) is -1.56. The topological polar surface area (TPSA) is 84.7 Å². The van der Waals surface area contributed by atoms with E-state index in [4.69, 9.17) is 22.1 Å². The minimum absolute atomic E-state index is 0.0482. The summed E-state index contributed by atoms with van der Waals surface area (Å²) in [5.41, 5.74) is 2.44. The van der Waals surface area contributed by atoms with E-state index < -0.39 is 11.8 Å². The predicted octanol–water partition coefficient (Wildman–Crippen LogP) is 5.14. The van der Waals surface area contributed by atoms with Crippen molar-refractivity contribution in [2.24, 2.45) is 0 Å². The van der Waals surface area contributed by atoms with E-state index in [0.29, 0.717) is 39.1 Å². The Balaban J connectivity index is 1.71. The number of halogens is 1. The molecule has 0 radical (unpaired) electrons. The second-order valence-corrected chi connectivity index (χ2v) is 9.30. The quantitative estimate of drug-likeness (QED) is 0.314. The van der Waals surface area contributed by atoms with E-state index in [-0.39, 0.29) is 24.6 Å². The molecule has 2 heterocycles. The van der Waals surface area contributed by atoms with Gasteiger partial charge < -0.3 is 9.84 Å². The Morgan fingerprint density at radius 1 is 1.26 bits per heavy atom. The fraction of sp³-hybridized carbons (Fsp3) is 0.200. The second kappa shape index (κ2) is 10.8. The summed E-state index contributed by atoms with van der Waals surface area (Å²) >= 11 is 6.50. The van der Waals surface area contributed by atoms with Gasteiger partial charge in [-0.2, -0.15) is 5.10 Å². The maximum atomic E-state index is 14.6. The molecule has 1 fully saturated rings. The molecule has 10 heteroatoms. The van der Waals surface area contributed by atoms with Crippen molar-refractivity contribution in [3.05, 3.63) is 71.0 Å². The zero-order valence-corrected chi connectivity index (χ0v) is 20.4. The number of ether oxygens (including phenoxy) is 1. The van der Waals surface area contributed by atoms with Crippen LogP contribution in [-0.2, 0) is 9.59 Å². The van der Waals surface area contributed by atoms with E-state index in [1.807, 2.05) is 30.3 Å². The van der Waals surface area contributed by atoms with Gasteiger partial charge in [0.1, 0.15) is 10.0 Å². The Hall–Kier alpha value is -3.50. The number of para-hydroxylation sites is 1. The normalized spacial score (nSPS) is 14.7. The Kier molecular flexibility index (Phi) is 7.62. The minimum Gasteiger partial charge on any atom is -0.491 e. The SMILES string of the molecule is CCOc1ccc(-c2nn(-c3ccccc3)cc2C=C2SC(=S)N(CCCC(=O)O)C2=O)cc1F. The maximum Gasteiger partial charge on any atom is 0.303 e. The van der Waals surface area contributed by atoms with E-state index in [1.54, 1.807) is 36.0 Å². The minimum atomic E-state index is -0.925. The zero-order valence-electron chi connectivity index (χ0n) is 18.8. The molecule has 1 aromatic heterocycles. The van der Waals surface area contributed by atoms with Crippen molar-refractivity contribution in [2.45, 2.75) is 19.8 Å². The Morgan fingerprint density at radius 3 is 2.71 bits per heavy atom. The number of aromatic nitrogens is 2. The summed E-state index contributed by atoms with van der Waals surface area (Å²) in [6.07, 6.45) is 3.72. The van der Waals surface area contributed by atoms with Crippen molar-refractivity contribution in [3.8, 4) is 22.7 Å². The first-order valence-corrected chi connectivity index (χ1v) is 12.1. The van der Waals surface area contributed by atoms with Gasteiger partial charge >= 0.3 is 5.97 Å². The summed E-state index contributed by atoms with van der Waals surface area (Å²) < 4.78 is 22.0. The summed E-state index contributed by atoms with van der Waals surface area (Å²) in [7, 11) is 0. The number of rotatable bonds is 9. The first-order valence-electron chi connectivity index (χ1n) is 10.9. The van der Waals surface area contributed by atoms with Gasteiger partial charge in [0.2, 0.25) is 0 Å². The fourth-order valence-electron chi connectivity index (χ4n) is 3.57. The molecule has 0 aliphatic carbocycles.